The zero-order valence-corrected chi connectivity index (χ0v) is 13.0. The van der Waals surface area contributed by atoms with Crippen molar-refractivity contribution < 1.29 is 14.3 Å². The molecule has 1 amide bonds. The molecule has 4 nitrogen and oxygen atoms in total. The van der Waals surface area contributed by atoms with Crippen LogP contribution in [0.5, 0.6) is 11.5 Å². The van der Waals surface area contributed by atoms with E-state index in [0.717, 1.165) is 4.88 Å². The highest BCUT2D eigenvalue weighted by Gasteiger charge is 2.07. The lowest BCUT2D eigenvalue weighted by Gasteiger charge is -2.10. The third kappa shape index (κ3) is 4.10. The minimum atomic E-state index is -0.204. The van der Waals surface area contributed by atoms with E-state index in [1.54, 1.807) is 49.8 Å². The molecule has 0 aliphatic heterocycles. The molecule has 0 aliphatic rings. The number of thiophene rings is 1. The van der Waals surface area contributed by atoms with E-state index in [0.29, 0.717) is 17.2 Å². The number of ether oxygens (including phenoxy) is 2. The summed E-state index contributed by atoms with van der Waals surface area (Å²) in [4.78, 5) is 14.2. The standard InChI is InChI=1S/C16H17NO3S/c1-11-4-6-13(21-11)7-9-16(18)17-14-8-5-12(19-2)10-15(14)20-3/h4-10H,1-3H3,(H,17,18)/b9-7+. The maximum absolute atomic E-state index is 11.9. The Labute approximate surface area is 128 Å². The zero-order valence-electron chi connectivity index (χ0n) is 12.2. The molecule has 0 saturated heterocycles. The third-order valence-electron chi connectivity index (χ3n) is 2.83. The summed E-state index contributed by atoms with van der Waals surface area (Å²) in [5, 5.41) is 2.79. The topological polar surface area (TPSA) is 47.6 Å². The summed E-state index contributed by atoms with van der Waals surface area (Å²) in [6, 6.07) is 9.25. The van der Waals surface area contributed by atoms with Crippen LogP contribution in [0.2, 0.25) is 0 Å². The Morgan fingerprint density at radius 2 is 2.00 bits per heavy atom. The minimum Gasteiger partial charge on any atom is -0.497 e. The molecule has 1 aromatic carbocycles. The van der Waals surface area contributed by atoms with E-state index in [1.807, 2.05) is 19.1 Å². The lowest BCUT2D eigenvalue weighted by Crippen LogP contribution is -2.08. The van der Waals surface area contributed by atoms with Gasteiger partial charge in [-0.2, -0.15) is 0 Å². The highest BCUT2D eigenvalue weighted by molar-refractivity contribution is 7.12. The summed E-state index contributed by atoms with van der Waals surface area (Å²) < 4.78 is 10.4. The molecule has 1 aromatic heterocycles. The van der Waals surface area contributed by atoms with E-state index in [4.69, 9.17) is 9.47 Å². The van der Waals surface area contributed by atoms with Gasteiger partial charge in [-0.1, -0.05) is 0 Å². The quantitative estimate of drug-likeness (QED) is 0.856. The molecule has 1 heterocycles. The molecule has 2 rings (SSSR count). The van der Waals surface area contributed by atoms with Gasteiger partial charge in [0.2, 0.25) is 5.91 Å². The SMILES string of the molecule is COc1ccc(NC(=O)/C=C/c2ccc(C)s2)c(OC)c1. The van der Waals surface area contributed by atoms with Crippen molar-refractivity contribution in [1.82, 2.24) is 0 Å². The second-order valence-corrected chi connectivity index (χ2v) is 5.66. The van der Waals surface area contributed by atoms with Crippen LogP contribution in [0.3, 0.4) is 0 Å². The number of carbonyl (C=O) groups excluding carboxylic acids is 1. The van der Waals surface area contributed by atoms with Gasteiger partial charge in [-0.25, -0.2) is 0 Å². The number of carbonyl (C=O) groups is 1. The van der Waals surface area contributed by atoms with Crippen LogP contribution in [0, 0.1) is 6.92 Å². The lowest BCUT2D eigenvalue weighted by atomic mass is 10.2. The summed E-state index contributed by atoms with van der Waals surface area (Å²) in [6.45, 7) is 2.03. The fourth-order valence-corrected chi connectivity index (χ4v) is 2.56. The van der Waals surface area contributed by atoms with Crippen LogP contribution in [0.25, 0.3) is 6.08 Å². The van der Waals surface area contributed by atoms with Crippen molar-refractivity contribution in [2.24, 2.45) is 0 Å². The second-order valence-electron chi connectivity index (χ2n) is 4.34. The van der Waals surface area contributed by atoms with Crippen LogP contribution >= 0.6 is 11.3 Å². The first-order chi connectivity index (χ1) is 10.1. The lowest BCUT2D eigenvalue weighted by molar-refractivity contribution is -0.111. The van der Waals surface area contributed by atoms with Crippen LogP contribution in [0.1, 0.15) is 9.75 Å². The number of hydrogen-bond acceptors (Lipinski definition) is 4. The summed E-state index contributed by atoms with van der Waals surface area (Å²) in [7, 11) is 3.13. The van der Waals surface area contributed by atoms with Crippen LogP contribution in [-0.2, 0) is 4.79 Å². The van der Waals surface area contributed by atoms with Crippen molar-refractivity contribution in [2.75, 3.05) is 19.5 Å². The van der Waals surface area contributed by atoms with E-state index in [9.17, 15) is 4.79 Å². The smallest absolute Gasteiger partial charge is 0.248 e. The van der Waals surface area contributed by atoms with Crippen molar-refractivity contribution in [1.29, 1.82) is 0 Å². The maximum atomic E-state index is 11.9. The minimum absolute atomic E-state index is 0.204. The van der Waals surface area contributed by atoms with Gasteiger partial charge < -0.3 is 14.8 Å². The van der Waals surface area contributed by atoms with Gasteiger partial charge in [0.05, 0.1) is 19.9 Å². The predicted octanol–water partition coefficient (Wildman–Crippen LogP) is 3.73. The van der Waals surface area contributed by atoms with Gasteiger partial charge in [0, 0.05) is 21.9 Å². The molecule has 0 spiro atoms. The highest BCUT2D eigenvalue weighted by Crippen LogP contribution is 2.29. The van der Waals surface area contributed by atoms with Crippen molar-refractivity contribution in [3.05, 3.63) is 46.2 Å². The highest BCUT2D eigenvalue weighted by atomic mass is 32.1. The average molecular weight is 303 g/mol. The summed E-state index contributed by atoms with van der Waals surface area (Å²) in [6.07, 6.45) is 3.30. The van der Waals surface area contributed by atoms with Gasteiger partial charge in [-0.05, 0) is 37.3 Å². The van der Waals surface area contributed by atoms with Crippen molar-refractivity contribution in [2.45, 2.75) is 6.92 Å². The summed E-state index contributed by atoms with van der Waals surface area (Å²) >= 11 is 1.64. The normalized spacial score (nSPS) is 10.6. The van der Waals surface area contributed by atoms with Gasteiger partial charge in [-0.3, -0.25) is 4.79 Å². The third-order valence-corrected chi connectivity index (χ3v) is 3.79. The second kappa shape index (κ2) is 6.95. The molecule has 2 aromatic rings. The Kier molecular flexibility index (Phi) is 5.00. The van der Waals surface area contributed by atoms with Crippen LogP contribution < -0.4 is 14.8 Å². The fourth-order valence-electron chi connectivity index (χ4n) is 1.78. The molecule has 0 radical (unpaired) electrons. The van der Waals surface area contributed by atoms with E-state index >= 15 is 0 Å². The largest absolute Gasteiger partial charge is 0.497 e. The molecule has 0 atom stereocenters. The number of methoxy groups -OCH3 is 2. The van der Waals surface area contributed by atoms with Gasteiger partial charge in [-0.15, -0.1) is 11.3 Å². The molecule has 110 valence electrons. The van der Waals surface area contributed by atoms with Crippen LogP contribution in [0.15, 0.2) is 36.4 Å². The first-order valence-corrected chi connectivity index (χ1v) is 7.21. The zero-order chi connectivity index (χ0) is 15.2. The van der Waals surface area contributed by atoms with Crippen LogP contribution in [0.4, 0.5) is 5.69 Å². The van der Waals surface area contributed by atoms with Crippen molar-refractivity contribution >= 4 is 29.0 Å². The monoisotopic (exact) mass is 303 g/mol. The molecule has 0 aliphatic carbocycles. The number of rotatable bonds is 5. The van der Waals surface area contributed by atoms with Crippen molar-refractivity contribution in [3.63, 3.8) is 0 Å². The van der Waals surface area contributed by atoms with Gasteiger partial charge in [0.15, 0.2) is 0 Å². The molecular weight excluding hydrogens is 286 g/mol. The number of anilines is 1. The number of benzene rings is 1. The first kappa shape index (κ1) is 15.1. The van der Waals surface area contributed by atoms with Gasteiger partial charge in [0.1, 0.15) is 11.5 Å². The predicted molar refractivity (Wildman–Crippen MR) is 86.3 cm³/mol. The Hall–Kier alpha value is -2.27. The van der Waals surface area contributed by atoms with E-state index in [1.165, 1.54) is 11.0 Å². The number of aryl methyl sites for hydroxylation is 1. The number of hydrogen-bond donors (Lipinski definition) is 1. The first-order valence-electron chi connectivity index (χ1n) is 6.40. The Morgan fingerprint density at radius 3 is 2.62 bits per heavy atom. The Balaban J connectivity index is 2.07. The van der Waals surface area contributed by atoms with Gasteiger partial charge in [0.25, 0.3) is 0 Å². The van der Waals surface area contributed by atoms with Crippen LogP contribution in [-0.4, -0.2) is 20.1 Å². The molecule has 0 fully saturated rings. The van der Waals surface area contributed by atoms with E-state index < -0.39 is 0 Å². The van der Waals surface area contributed by atoms with E-state index in [-0.39, 0.29) is 5.91 Å². The fraction of sp³-hybridized carbons (Fsp3) is 0.188. The average Bonchev–Trinajstić information content (AvgIpc) is 2.91. The van der Waals surface area contributed by atoms with E-state index in [2.05, 4.69) is 5.32 Å². The number of amides is 1. The molecule has 1 N–H and O–H groups in total. The molecule has 5 heteroatoms. The molecule has 21 heavy (non-hydrogen) atoms. The summed E-state index contributed by atoms with van der Waals surface area (Å²) in [5.41, 5.74) is 0.607. The molecule has 0 unspecified atom stereocenters. The number of nitrogens with one attached hydrogen (secondary N) is 1. The van der Waals surface area contributed by atoms with Crippen molar-refractivity contribution in [3.8, 4) is 11.5 Å². The Morgan fingerprint density at radius 1 is 1.19 bits per heavy atom. The van der Waals surface area contributed by atoms with Gasteiger partial charge >= 0.3 is 0 Å². The summed E-state index contributed by atoms with van der Waals surface area (Å²) in [5.74, 6) is 1.03. The molecular formula is C16H17NO3S. The molecule has 0 bridgehead atoms. The Bertz CT molecular complexity index is 661. The maximum Gasteiger partial charge on any atom is 0.248 e. The molecule has 0 saturated carbocycles.